The Hall–Kier alpha value is -1.66. The van der Waals surface area contributed by atoms with Crippen molar-refractivity contribution in [1.82, 2.24) is 0 Å². The molecule has 6 N–H and O–H groups in total. The molecule has 0 radical (unpaired) electrons. The highest BCUT2D eigenvalue weighted by Gasteiger charge is 2.51. The molecule has 3 fully saturated rings. The lowest BCUT2D eigenvalue weighted by Gasteiger charge is -2.29. The number of aliphatic hydroxyl groups excluding tert-OH is 2. The number of ketones is 1. The molecule has 1 saturated heterocycles. The first-order valence-electron chi connectivity index (χ1n) is 12.3. The quantitative estimate of drug-likeness (QED) is 0.163. The van der Waals surface area contributed by atoms with E-state index < -0.39 is 12.7 Å². The summed E-state index contributed by atoms with van der Waals surface area (Å²) < 4.78 is 16.5. The van der Waals surface area contributed by atoms with Crippen LogP contribution in [-0.2, 0) is 28.6 Å². The number of allylic oxidation sites excluding steroid dienone is 2. The first-order valence-corrected chi connectivity index (χ1v) is 12.3. The van der Waals surface area contributed by atoms with Crippen LogP contribution in [0.25, 0.3) is 0 Å². The van der Waals surface area contributed by atoms with Crippen molar-refractivity contribution in [2.45, 2.75) is 88.8 Å². The number of carbonyl (C=O) groups is 2. The second kappa shape index (κ2) is 11.4. The molecule has 5 unspecified atom stereocenters. The van der Waals surface area contributed by atoms with Crippen LogP contribution in [0.3, 0.4) is 0 Å². The number of nitrogens with two attached hydrogens (primary N) is 2. The highest BCUT2D eigenvalue weighted by molar-refractivity contribution is 5.88. The second-order valence-electron chi connectivity index (χ2n) is 9.85. The largest absolute Gasteiger partial charge is 0.427 e. The molecule has 0 aromatic carbocycles. The second-order valence-corrected chi connectivity index (χ2v) is 9.85. The Morgan fingerprint density at radius 2 is 1.71 bits per heavy atom. The zero-order valence-corrected chi connectivity index (χ0v) is 19.3. The van der Waals surface area contributed by atoms with Gasteiger partial charge in [0, 0.05) is 17.8 Å². The van der Waals surface area contributed by atoms with Crippen LogP contribution in [0.5, 0.6) is 0 Å². The monoisotopic (exact) mass is 480 g/mol. The predicted molar refractivity (Wildman–Crippen MR) is 119 cm³/mol. The van der Waals surface area contributed by atoms with Crippen LogP contribution < -0.4 is 11.6 Å². The van der Waals surface area contributed by atoms with E-state index in [1.807, 2.05) is 12.2 Å². The molecule has 34 heavy (non-hydrogen) atoms. The highest BCUT2D eigenvalue weighted by atomic mass is 16.7. The maximum absolute atomic E-state index is 12.8. The van der Waals surface area contributed by atoms with Crippen LogP contribution in [-0.4, -0.2) is 53.0 Å². The fourth-order valence-electron chi connectivity index (χ4n) is 5.48. The summed E-state index contributed by atoms with van der Waals surface area (Å²) in [6, 6.07) is 0. The number of carbonyl (C=O) groups excluding carboxylic acids is 2. The van der Waals surface area contributed by atoms with Gasteiger partial charge in [-0.15, -0.1) is 0 Å². The molecular formula is C24H36N2O8. The zero-order valence-electron chi connectivity index (χ0n) is 19.3. The minimum atomic E-state index is -1.29. The van der Waals surface area contributed by atoms with Gasteiger partial charge >= 0.3 is 5.97 Å². The molecule has 1 heterocycles. The van der Waals surface area contributed by atoms with E-state index in [0.29, 0.717) is 63.5 Å². The number of hydrogen-bond donors (Lipinski definition) is 4. The number of aliphatic hydroxyl groups is 2. The van der Waals surface area contributed by atoms with Gasteiger partial charge in [0.1, 0.15) is 11.9 Å². The Bertz CT molecular complexity index is 784. The lowest BCUT2D eigenvalue weighted by molar-refractivity contribution is -0.154. The molecule has 190 valence electrons. The molecule has 0 bridgehead atoms. The van der Waals surface area contributed by atoms with Crippen LogP contribution in [0, 0.1) is 23.7 Å². The van der Waals surface area contributed by atoms with E-state index in [4.69, 9.17) is 30.9 Å². The van der Waals surface area contributed by atoms with Gasteiger partial charge in [0.25, 0.3) is 0 Å². The number of ether oxygens (including phenoxy) is 3. The molecule has 1 aliphatic heterocycles. The molecule has 0 aromatic rings. The van der Waals surface area contributed by atoms with Gasteiger partial charge in [0.2, 0.25) is 6.41 Å². The first kappa shape index (κ1) is 25.4. The lowest BCUT2D eigenvalue weighted by atomic mass is 9.78. The van der Waals surface area contributed by atoms with Crippen molar-refractivity contribution in [3.05, 3.63) is 24.0 Å². The summed E-state index contributed by atoms with van der Waals surface area (Å²) in [5.41, 5.74) is 5.24. The molecule has 0 spiro atoms. The van der Waals surface area contributed by atoms with E-state index in [9.17, 15) is 14.7 Å². The molecule has 10 heteroatoms. The number of esters is 1. The van der Waals surface area contributed by atoms with E-state index >= 15 is 0 Å². The van der Waals surface area contributed by atoms with Gasteiger partial charge in [-0.05, 0) is 69.9 Å². The average molecular weight is 481 g/mol. The zero-order chi connectivity index (χ0) is 24.2. The van der Waals surface area contributed by atoms with Gasteiger partial charge < -0.3 is 24.4 Å². The minimum Gasteiger partial charge on any atom is -0.427 e. The summed E-state index contributed by atoms with van der Waals surface area (Å²) in [6.45, 7) is 0. The van der Waals surface area contributed by atoms with Gasteiger partial charge in [-0.3, -0.25) is 20.2 Å². The SMILES string of the molecule is NOC(O)C1CCC(C(=O)C2OC2C2C=CC(OC(=O)C3CCC(OC(N)O)CC3)=CC2)CC1. The topological polar surface area (TPSA) is 167 Å². The summed E-state index contributed by atoms with van der Waals surface area (Å²) in [7, 11) is 0. The third-order valence-electron chi connectivity index (χ3n) is 7.60. The summed E-state index contributed by atoms with van der Waals surface area (Å²) in [4.78, 5) is 29.9. The van der Waals surface area contributed by atoms with Crippen molar-refractivity contribution >= 4 is 11.8 Å². The lowest BCUT2D eigenvalue weighted by Crippen LogP contribution is -2.33. The number of epoxide rings is 1. The third kappa shape index (κ3) is 6.31. The van der Waals surface area contributed by atoms with E-state index in [1.54, 1.807) is 6.08 Å². The van der Waals surface area contributed by atoms with Gasteiger partial charge in [-0.2, -0.15) is 0 Å². The first-order chi connectivity index (χ1) is 16.4. The maximum atomic E-state index is 12.8. The Morgan fingerprint density at radius 3 is 2.29 bits per heavy atom. The van der Waals surface area contributed by atoms with Crippen molar-refractivity contribution in [3.63, 3.8) is 0 Å². The highest BCUT2D eigenvalue weighted by Crippen LogP contribution is 2.40. The van der Waals surface area contributed by atoms with Gasteiger partial charge in [-0.25, -0.2) is 5.90 Å². The van der Waals surface area contributed by atoms with E-state index in [1.165, 1.54) is 0 Å². The van der Waals surface area contributed by atoms with E-state index in [-0.39, 0.29) is 53.7 Å². The number of Topliss-reactive ketones (excluding diaryl/α,β-unsaturated/α-hetero) is 1. The average Bonchev–Trinajstić information content (AvgIpc) is 3.65. The van der Waals surface area contributed by atoms with Crippen LogP contribution in [0.15, 0.2) is 24.0 Å². The van der Waals surface area contributed by atoms with Crippen molar-refractivity contribution < 1.29 is 38.9 Å². The molecule has 0 amide bonds. The van der Waals surface area contributed by atoms with Crippen LogP contribution in [0.2, 0.25) is 0 Å². The van der Waals surface area contributed by atoms with Crippen molar-refractivity contribution in [1.29, 1.82) is 0 Å². The number of rotatable bonds is 9. The predicted octanol–water partition coefficient (Wildman–Crippen LogP) is 1.15. The molecule has 4 aliphatic rings. The van der Waals surface area contributed by atoms with Crippen molar-refractivity contribution in [3.8, 4) is 0 Å². The van der Waals surface area contributed by atoms with Gasteiger partial charge in [0.05, 0.1) is 18.1 Å². The number of hydrogen-bond acceptors (Lipinski definition) is 10. The smallest absolute Gasteiger partial charge is 0.314 e. The normalized spacial score (nSPS) is 37.4. The van der Waals surface area contributed by atoms with Crippen molar-refractivity contribution in [2.75, 3.05) is 0 Å². The Morgan fingerprint density at radius 1 is 1.03 bits per heavy atom. The fraction of sp³-hybridized carbons (Fsp3) is 0.750. The van der Waals surface area contributed by atoms with E-state index in [0.717, 1.165) is 0 Å². The molecule has 2 saturated carbocycles. The van der Waals surface area contributed by atoms with Crippen molar-refractivity contribution in [2.24, 2.45) is 35.3 Å². The molecule has 0 aromatic heterocycles. The van der Waals surface area contributed by atoms with Gasteiger partial charge in [-0.1, -0.05) is 6.08 Å². The summed E-state index contributed by atoms with van der Waals surface area (Å²) in [5.74, 6) is 5.28. The third-order valence-corrected chi connectivity index (χ3v) is 7.60. The van der Waals surface area contributed by atoms with Crippen LogP contribution in [0.1, 0.15) is 57.8 Å². The Balaban J connectivity index is 1.17. The standard InChI is InChI=1S/C24H36N2O8/c25-24(30)32-18-11-7-15(8-12-18)22(28)31-17-9-5-14(6-10-17)20-21(33-20)19(27)13-1-3-16(4-2-13)23(29)34-26/h5,9-10,13-16,18,20-21,23-24,29-30H,1-4,6-8,11-12,25-26H2. The van der Waals surface area contributed by atoms with Crippen LogP contribution >= 0.6 is 0 Å². The summed E-state index contributed by atoms with van der Waals surface area (Å²) in [6.07, 6.45) is 8.76. The molecule has 10 nitrogen and oxygen atoms in total. The minimum absolute atomic E-state index is 0.0280. The fourth-order valence-corrected chi connectivity index (χ4v) is 5.48. The maximum Gasteiger partial charge on any atom is 0.314 e. The van der Waals surface area contributed by atoms with E-state index in [2.05, 4.69) is 4.84 Å². The molecule has 5 atom stereocenters. The Labute approximate surface area is 199 Å². The van der Waals surface area contributed by atoms with Gasteiger partial charge in [0.15, 0.2) is 12.1 Å². The molecule has 3 aliphatic carbocycles. The summed E-state index contributed by atoms with van der Waals surface area (Å²) >= 11 is 0. The molecule has 4 rings (SSSR count). The molecular weight excluding hydrogens is 444 g/mol. The summed E-state index contributed by atoms with van der Waals surface area (Å²) in [5, 5.41) is 18.8. The Kier molecular flexibility index (Phi) is 8.52. The van der Waals surface area contributed by atoms with Crippen LogP contribution in [0.4, 0.5) is 0 Å².